The molecule has 0 spiro atoms. The first-order valence-electron chi connectivity index (χ1n) is 5.70. The molecule has 0 saturated heterocycles. The molecule has 0 unspecified atom stereocenters. The number of hydrogen-bond acceptors (Lipinski definition) is 5. The molecule has 2 N–H and O–H groups in total. The maximum absolute atomic E-state index is 10.9. The molecular formula is C13H14N2O4. The van der Waals surface area contributed by atoms with E-state index in [1.54, 1.807) is 13.3 Å². The van der Waals surface area contributed by atoms with Crippen LogP contribution in [-0.2, 0) is 13.1 Å². The molecule has 0 aliphatic rings. The largest absolute Gasteiger partial charge is 0.481 e. The molecule has 2 rings (SSSR count). The van der Waals surface area contributed by atoms with Gasteiger partial charge in [-0.15, -0.1) is 0 Å². The number of nitrogens with zero attached hydrogens (tertiary/aromatic N) is 1. The van der Waals surface area contributed by atoms with Gasteiger partial charge in [-0.25, -0.2) is 9.78 Å². The summed E-state index contributed by atoms with van der Waals surface area (Å²) in [5.41, 5.74) is 1.18. The third-order valence-corrected chi connectivity index (χ3v) is 2.60. The van der Waals surface area contributed by atoms with E-state index in [4.69, 9.17) is 14.3 Å². The number of carboxylic acid groups (broad SMARTS) is 1. The van der Waals surface area contributed by atoms with Gasteiger partial charge >= 0.3 is 5.97 Å². The lowest BCUT2D eigenvalue weighted by Crippen LogP contribution is -2.14. The number of hydrogen-bond donors (Lipinski definition) is 2. The van der Waals surface area contributed by atoms with Crippen molar-refractivity contribution in [3.8, 4) is 5.88 Å². The normalized spacial score (nSPS) is 10.4. The second kappa shape index (κ2) is 6.01. The number of ether oxygens (including phenoxy) is 1. The zero-order valence-electron chi connectivity index (χ0n) is 10.4. The van der Waals surface area contributed by atoms with Gasteiger partial charge < -0.3 is 19.6 Å². The SMILES string of the molecule is COc1cc(CNCc2occc2C(=O)O)ccn1. The summed E-state index contributed by atoms with van der Waals surface area (Å²) in [6.07, 6.45) is 3.03. The molecular weight excluding hydrogens is 248 g/mol. The fourth-order valence-corrected chi connectivity index (χ4v) is 1.66. The minimum atomic E-state index is -0.990. The average molecular weight is 262 g/mol. The molecule has 0 aromatic carbocycles. The molecule has 0 aliphatic heterocycles. The van der Waals surface area contributed by atoms with Crippen molar-refractivity contribution in [1.82, 2.24) is 10.3 Å². The van der Waals surface area contributed by atoms with E-state index < -0.39 is 5.97 Å². The number of methoxy groups -OCH3 is 1. The molecule has 0 bridgehead atoms. The lowest BCUT2D eigenvalue weighted by molar-refractivity contribution is 0.0694. The maximum atomic E-state index is 10.9. The van der Waals surface area contributed by atoms with Crippen molar-refractivity contribution in [2.24, 2.45) is 0 Å². The predicted molar refractivity (Wildman–Crippen MR) is 67.0 cm³/mol. The Labute approximate surface area is 110 Å². The van der Waals surface area contributed by atoms with E-state index in [9.17, 15) is 4.79 Å². The molecule has 6 heteroatoms. The number of rotatable bonds is 6. The van der Waals surface area contributed by atoms with Crippen LogP contribution in [0.2, 0.25) is 0 Å². The van der Waals surface area contributed by atoms with Crippen LogP contribution in [0.15, 0.2) is 35.1 Å². The summed E-state index contributed by atoms with van der Waals surface area (Å²) >= 11 is 0. The van der Waals surface area contributed by atoms with Crippen molar-refractivity contribution < 1.29 is 19.1 Å². The molecule has 0 aliphatic carbocycles. The molecule has 0 saturated carbocycles. The van der Waals surface area contributed by atoms with Gasteiger partial charge in [-0.3, -0.25) is 0 Å². The molecule has 2 aromatic rings. The lowest BCUT2D eigenvalue weighted by atomic mass is 10.2. The summed E-state index contributed by atoms with van der Waals surface area (Å²) in [6.45, 7) is 0.915. The third-order valence-electron chi connectivity index (χ3n) is 2.60. The fraction of sp³-hybridized carbons (Fsp3) is 0.231. The first-order valence-corrected chi connectivity index (χ1v) is 5.70. The summed E-state index contributed by atoms with van der Waals surface area (Å²) in [6, 6.07) is 5.11. The Morgan fingerprint density at radius 1 is 1.47 bits per heavy atom. The second-order valence-electron chi connectivity index (χ2n) is 3.87. The number of nitrogens with one attached hydrogen (secondary N) is 1. The Kier molecular flexibility index (Phi) is 4.15. The highest BCUT2D eigenvalue weighted by molar-refractivity contribution is 5.88. The Morgan fingerprint density at radius 2 is 2.32 bits per heavy atom. The number of pyridine rings is 1. The standard InChI is InChI=1S/C13H14N2O4/c1-18-12-6-9(2-4-15-12)7-14-8-11-10(13(16)17)3-5-19-11/h2-6,14H,7-8H2,1H3,(H,16,17). The molecule has 0 fully saturated rings. The molecule has 6 nitrogen and oxygen atoms in total. The van der Waals surface area contributed by atoms with E-state index in [1.165, 1.54) is 12.3 Å². The zero-order chi connectivity index (χ0) is 13.7. The first kappa shape index (κ1) is 13.1. The van der Waals surface area contributed by atoms with Crippen molar-refractivity contribution in [3.63, 3.8) is 0 Å². The van der Waals surface area contributed by atoms with Crippen molar-refractivity contribution >= 4 is 5.97 Å². The number of carboxylic acids is 1. The minimum Gasteiger partial charge on any atom is -0.481 e. The average Bonchev–Trinajstić information content (AvgIpc) is 2.87. The van der Waals surface area contributed by atoms with E-state index >= 15 is 0 Å². The van der Waals surface area contributed by atoms with Crippen molar-refractivity contribution in [2.75, 3.05) is 7.11 Å². The minimum absolute atomic E-state index is 0.180. The number of aromatic carboxylic acids is 1. The molecule has 0 atom stereocenters. The van der Waals surface area contributed by atoms with Crippen LogP contribution in [0.3, 0.4) is 0 Å². The Bertz CT molecular complexity index is 565. The van der Waals surface area contributed by atoms with Crippen molar-refractivity contribution in [2.45, 2.75) is 13.1 Å². The lowest BCUT2D eigenvalue weighted by Gasteiger charge is -2.05. The summed E-state index contributed by atoms with van der Waals surface area (Å²) in [5.74, 6) is -0.0341. The van der Waals surface area contributed by atoms with Gasteiger partial charge in [-0.05, 0) is 17.7 Å². The zero-order valence-corrected chi connectivity index (χ0v) is 10.4. The number of carbonyl (C=O) groups is 1. The van der Waals surface area contributed by atoms with Crippen LogP contribution >= 0.6 is 0 Å². The topological polar surface area (TPSA) is 84.6 Å². The van der Waals surface area contributed by atoms with E-state index in [0.29, 0.717) is 24.7 Å². The molecule has 2 aromatic heterocycles. The number of aromatic nitrogens is 1. The van der Waals surface area contributed by atoms with Crippen molar-refractivity contribution in [1.29, 1.82) is 0 Å². The van der Waals surface area contributed by atoms with Crippen molar-refractivity contribution in [3.05, 3.63) is 47.5 Å². The van der Waals surface area contributed by atoms with Gasteiger partial charge in [0.05, 0.1) is 19.9 Å². The monoisotopic (exact) mass is 262 g/mol. The van der Waals surface area contributed by atoms with Crippen LogP contribution in [0.25, 0.3) is 0 Å². The van der Waals surface area contributed by atoms with Crippen LogP contribution in [0.5, 0.6) is 5.88 Å². The van der Waals surface area contributed by atoms with E-state index in [-0.39, 0.29) is 5.56 Å². The molecule has 19 heavy (non-hydrogen) atoms. The highest BCUT2D eigenvalue weighted by Gasteiger charge is 2.12. The fourth-order valence-electron chi connectivity index (χ4n) is 1.66. The molecule has 0 radical (unpaired) electrons. The first-order chi connectivity index (χ1) is 9.20. The summed E-state index contributed by atoms with van der Waals surface area (Å²) < 4.78 is 10.2. The van der Waals surface area contributed by atoms with Crippen LogP contribution < -0.4 is 10.1 Å². The van der Waals surface area contributed by atoms with Gasteiger partial charge in [0.15, 0.2) is 0 Å². The third kappa shape index (κ3) is 3.32. The Balaban J connectivity index is 1.92. The van der Waals surface area contributed by atoms with Gasteiger partial charge in [0, 0.05) is 18.8 Å². The smallest absolute Gasteiger partial charge is 0.339 e. The van der Waals surface area contributed by atoms with Gasteiger partial charge in [0.1, 0.15) is 11.3 Å². The van der Waals surface area contributed by atoms with E-state index in [1.807, 2.05) is 12.1 Å². The molecule has 100 valence electrons. The Morgan fingerprint density at radius 3 is 3.05 bits per heavy atom. The molecule has 2 heterocycles. The van der Waals surface area contributed by atoms with Gasteiger partial charge in [-0.2, -0.15) is 0 Å². The van der Waals surface area contributed by atoms with Gasteiger partial charge in [0.25, 0.3) is 0 Å². The van der Waals surface area contributed by atoms with Crippen LogP contribution in [0.4, 0.5) is 0 Å². The number of furan rings is 1. The Hall–Kier alpha value is -2.34. The predicted octanol–water partition coefficient (Wildman–Crippen LogP) is 1.67. The van der Waals surface area contributed by atoms with Crippen LogP contribution in [0, 0.1) is 0 Å². The summed E-state index contributed by atoms with van der Waals surface area (Å²) in [7, 11) is 1.56. The van der Waals surface area contributed by atoms with E-state index in [0.717, 1.165) is 5.56 Å². The highest BCUT2D eigenvalue weighted by Crippen LogP contribution is 2.11. The summed E-state index contributed by atoms with van der Waals surface area (Å²) in [4.78, 5) is 14.9. The second-order valence-corrected chi connectivity index (χ2v) is 3.87. The maximum Gasteiger partial charge on any atom is 0.339 e. The van der Waals surface area contributed by atoms with Crippen LogP contribution in [-0.4, -0.2) is 23.2 Å². The quantitative estimate of drug-likeness (QED) is 0.823. The highest BCUT2D eigenvalue weighted by atomic mass is 16.5. The van der Waals surface area contributed by atoms with E-state index in [2.05, 4.69) is 10.3 Å². The molecule has 0 amide bonds. The van der Waals surface area contributed by atoms with Crippen LogP contribution in [0.1, 0.15) is 21.7 Å². The van der Waals surface area contributed by atoms with Gasteiger partial charge in [0.2, 0.25) is 5.88 Å². The van der Waals surface area contributed by atoms with Gasteiger partial charge in [-0.1, -0.05) is 0 Å². The summed E-state index contributed by atoms with van der Waals surface area (Å²) in [5, 5.41) is 12.0.